The number of nitrogens with one attached hydrogen (secondary N) is 1. The molecular formula is C10H20N2. The highest BCUT2D eigenvalue weighted by Crippen LogP contribution is 2.23. The van der Waals surface area contributed by atoms with E-state index >= 15 is 0 Å². The summed E-state index contributed by atoms with van der Waals surface area (Å²) in [5.41, 5.74) is 0. The molecule has 2 saturated heterocycles. The number of likely N-dealkylation sites (tertiary alicyclic amines) is 1. The monoisotopic (exact) mass is 168 g/mol. The quantitative estimate of drug-likeness (QED) is 0.664. The summed E-state index contributed by atoms with van der Waals surface area (Å²) < 4.78 is 0. The molecule has 2 heterocycles. The number of nitrogens with zero attached hydrogens (tertiary/aromatic N) is 1. The molecule has 0 aromatic carbocycles. The average molecular weight is 168 g/mol. The van der Waals surface area contributed by atoms with Gasteiger partial charge in [0, 0.05) is 25.7 Å². The molecule has 0 aromatic heterocycles. The first kappa shape index (κ1) is 8.52. The molecule has 2 nitrogen and oxygen atoms in total. The lowest BCUT2D eigenvalue weighted by Crippen LogP contribution is -2.56. The van der Waals surface area contributed by atoms with Crippen molar-refractivity contribution in [1.29, 1.82) is 0 Å². The van der Waals surface area contributed by atoms with Crippen LogP contribution in [0, 0.1) is 5.92 Å². The third kappa shape index (κ3) is 1.64. The third-order valence-electron chi connectivity index (χ3n) is 3.35. The first-order chi connectivity index (χ1) is 5.90. The summed E-state index contributed by atoms with van der Waals surface area (Å²) in [5.74, 6) is 1.01. The highest BCUT2D eigenvalue weighted by atomic mass is 15.2. The molecule has 2 aliphatic rings. The van der Waals surface area contributed by atoms with Crippen LogP contribution >= 0.6 is 0 Å². The van der Waals surface area contributed by atoms with Gasteiger partial charge in [-0.3, -0.25) is 4.90 Å². The molecule has 0 bridgehead atoms. The van der Waals surface area contributed by atoms with E-state index in [1.165, 1.54) is 45.4 Å². The summed E-state index contributed by atoms with van der Waals surface area (Å²) >= 11 is 0. The van der Waals surface area contributed by atoms with Gasteiger partial charge in [-0.05, 0) is 25.3 Å². The molecule has 0 saturated carbocycles. The predicted octanol–water partition coefficient (Wildman–Crippen LogP) is 1.08. The van der Waals surface area contributed by atoms with Gasteiger partial charge in [0.05, 0.1) is 0 Å². The van der Waals surface area contributed by atoms with Gasteiger partial charge in [-0.2, -0.15) is 0 Å². The van der Waals surface area contributed by atoms with Crippen molar-refractivity contribution < 1.29 is 0 Å². The fourth-order valence-corrected chi connectivity index (χ4v) is 2.31. The van der Waals surface area contributed by atoms with Crippen LogP contribution < -0.4 is 5.32 Å². The smallest absolute Gasteiger partial charge is 0.0221 e. The standard InChI is InChI=1S/C10H20N2/c1-2-9-7-12(8-9)10-4-3-5-11-6-10/h9-11H,2-8H2,1H3. The average Bonchev–Trinajstić information content (AvgIpc) is 2.04. The molecule has 0 amide bonds. The third-order valence-corrected chi connectivity index (χ3v) is 3.35. The summed E-state index contributed by atoms with van der Waals surface area (Å²) in [6.07, 6.45) is 4.16. The lowest BCUT2D eigenvalue weighted by Gasteiger charge is -2.45. The Morgan fingerprint density at radius 3 is 2.83 bits per heavy atom. The molecule has 2 heteroatoms. The van der Waals surface area contributed by atoms with Gasteiger partial charge in [0.15, 0.2) is 0 Å². The van der Waals surface area contributed by atoms with E-state index in [2.05, 4.69) is 17.1 Å². The number of hydrogen-bond donors (Lipinski definition) is 1. The normalized spacial score (nSPS) is 33.2. The van der Waals surface area contributed by atoms with Crippen LogP contribution in [0.4, 0.5) is 0 Å². The van der Waals surface area contributed by atoms with E-state index in [1.54, 1.807) is 0 Å². The van der Waals surface area contributed by atoms with Crippen molar-refractivity contribution in [2.75, 3.05) is 26.2 Å². The Morgan fingerprint density at radius 2 is 2.25 bits per heavy atom. The molecule has 2 fully saturated rings. The van der Waals surface area contributed by atoms with Gasteiger partial charge in [0.2, 0.25) is 0 Å². The van der Waals surface area contributed by atoms with Crippen molar-refractivity contribution in [2.45, 2.75) is 32.2 Å². The van der Waals surface area contributed by atoms with Crippen LogP contribution in [0.3, 0.4) is 0 Å². The summed E-state index contributed by atoms with van der Waals surface area (Å²) in [6, 6.07) is 0.863. The van der Waals surface area contributed by atoms with E-state index in [4.69, 9.17) is 0 Å². The first-order valence-corrected chi connectivity index (χ1v) is 5.35. The number of rotatable bonds is 2. The van der Waals surface area contributed by atoms with Crippen molar-refractivity contribution in [2.24, 2.45) is 5.92 Å². The first-order valence-electron chi connectivity index (χ1n) is 5.35. The molecular weight excluding hydrogens is 148 g/mol. The topological polar surface area (TPSA) is 15.3 Å². The minimum atomic E-state index is 0.863. The SMILES string of the molecule is CCC1CN(C2CCCNC2)C1. The van der Waals surface area contributed by atoms with E-state index in [-0.39, 0.29) is 0 Å². The molecule has 1 unspecified atom stereocenters. The van der Waals surface area contributed by atoms with Crippen molar-refractivity contribution in [3.63, 3.8) is 0 Å². The molecule has 0 radical (unpaired) electrons. The van der Waals surface area contributed by atoms with Gasteiger partial charge in [-0.15, -0.1) is 0 Å². The van der Waals surface area contributed by atoms with E-state index < -0.39 is 0 Å². The van der Waals surface area contributed by atoms with E-state index in [0.717, 1.165) is 12.0 Å². The Bertz CT molecular complexity index is 135. The largest absolute Gasteiger partial charge is 0.315 e. The molecule has 2 rings (SSSR count). The predicted molar refractivity (Wildman–Crippen MR) is 51.2 cm³/mol. The molecule has 70 valence electrons. The Labute approximate surface area is 75.3 Å². The van der Waals surface area contributed by atoms with Crippen molar-refractivity contribution in [3.05, 3.63) is 0 Å². The van der Waals surface area contributed by atoms with Gasteiger partial charge < -0.3 is 5.32 Å². The van der Waals surface area contributed by atoms with Crippen LogP contribution in [0.15, 0.2) is 0 Å². The fraction of sp³-hybridized carbons (Fsp3) is 1.00. The van der Waals surface area contributed by atoms with Crippen LogP contribution in [0.25, 0.3) is 0 Å². The van der Waals surface area contributed by atoms with E-state index in [9.17, 15) is 0 Å². The zero-order chi connectivity index (χ0) is 8.39. The van der Waals surface area contributed by atoms with Crippen LogP contribution in [-0.2, 0) is 0 Å². The Kier molecular flexibility index (Phi) is 2.66. The number of piperidine rings is 1. The minimum absolute atomic E-state index is 0.863. The minimum Gasteiger partial charge on any atom is -0.315 e. The van der Waals surface area contributed by atoms with Crippen molar-refractivity contribution >= 4 is 0 Å². The Morgan fingerprint density at radius 1 is 1.42 bits per heavy atom. The van der Waals surface area contributed by atoms with Crippen LogP contribution in [0.5, 0.6) is 0 Å². The molecule has 2 aliphatic heterocycles. The molecule has 0 aromatic rings. The van der Waals surface area contributed by atoms with Crippen LogP contribution in [-0.4, -0.2) is 37.1 Å². The zero-order valence-electron chi connectivity index (χ0n) is 8.05. The molecule has 1 atom stereocenters. The fourth-order valence-electron chi connectivity index (χ4n) is 2.31. The van der Waals surface area contributed by atoms with Crippen molar-refractivity contribution in [1.82, 2.24) is 10.2 Å². The van der Waals surface area contributed by atoms with E-state index in [0.29, 0.717) is 0 Å². The maximum Gasteiger partial charge on any atom is 0.0221 e. The summed E-state index contributed by atoms with van der Waals surface area (Å²) in [5, 5.41) is 3.48. The summed E-state index contributed by atoms with van der Waals surface area (Å²) in [7, 11) is 0. The lowest BCUT2D eigenvalue weighted by atomic mass is 9.93. The lowest BCUT2D eigenvalue weighted by molar-refractivity contribution is 0.0395. The van der Waals surface area contributed by atoms with E-state index in [1.807, 2.05) is 0 Å². The summed E-state index contributed by atoms with van der Waals surface area (Å²) in [4.78, 5) is 2.65. The van der Waals surface area contributed by atoms with Crippen LogP contribution in [0.1, 0.15) is 26.2 Å². The van der Waals surface area contributed by atoms with Crippen molar-refractivity contribution in [3.8, 4) is 0 Å². The second-order valence-electron chi connectivity index (χ2n) is 4.23. The van der Waals surface area contributed by atoms with Gasteiger partial charge in [0.25, 0.3) is 0 Å². The molecule has 0 aliphatic carbocycles. The van der Waals surface area contributed by atoms with Gasteiger partial charge >= 0.3 is 0 Å². The maximum atomic E-state index is 3.48. The highest BCUT2D eigenvalue weighted by molar-refractivity contribution is 4.87. The second-order valence-corrected chi connectivity index (χ2v) is 4.23. The zero-order valence-corrected chi connectivity index (χ0v) is 8.05. The molecule has 1 N–H and O–H groups in total. The Hall–Kier alpha value is -0.0800. The highest BCUT2D eigenvalue weighted by Gasteiger charge is 2.31. The molecule has 12 heavy (non-hydrogen) atoms. The maximum absolute atomic E-state index is 3.48. The number of hydrogen-bond acceptors (Lipinski definition) is 2. The molecule has 0 spiro atoms. The van der Waals surface area contributed by atoms with Crippen LogP contribution in [0.2, 0.25) is 0 Å². The van der Waals surface area contributed by atoms with Gasteiger partial charge in [0.1, 0.15) is 0 Å². The second kappa shape index (κ2) is 3.75. The summed E-state index contributed by atoms with van der Waals surface area (Å²) in [6.45, 7) is 7.50. The van der Waals surface area contributed by atoms with Gasteiger partial charge in [-0.1, -0.05) is 13.3 Å². The Balaban J connectivity index is 1.72. The van der Waals surface area contributed by atoms with Gasteiger partial charge in [-0.25, -0.2) is 0 Å².